The van der Waals surface area contributed by atoms with Gasteiger partial charge in [0.25, 0.3) is 0 Å². The van der Waals surface area contributed by atoms with E-state index in [1.807, 2.05) is 32.0 Å². The Balaban J connectivity index is 2.04. The van der Waals surface area contributed by atoms with Gasteiger partial charge in [-0.2, -0.15) is 0 Å². The lowest BCUT2D eigenvalue weighted by Gasteiger charge is -2.30. The molecule has 1 aliphatic rings. The van der Waals surface area contributed by atoms with E-state index in [4.69, 9.17) is 27.9 Å². The molecule has 3 rings (SSSR count). The second kappa shape index (κ2) is 9.77. The molecule has 158 valence electrons. The first kappa shape index (κ1) is 22.5. The fraction of sp³-hybridized carbons (Fsp3) is 0.273. The zero-order valence-corrected chi connectivity index (χ0v) is 19.2. The van der Waals surface area contributed by atoms with Crippen molar-refractivity contribution in [2.75, 3.05) is 12.4 Å². The number of nitrogens with one attached hydrogen (secondary N) is 2. The van der Waals surface area contributed by atoms with Crippen molar-refractivity contribution in [1.29, 1.82) is 0 Å². The normalized spacial score (nSPS) is 16.2. The molecule has 1 unspecified atom stereocenters. The topological polar surface area (TPSA) is 67.4 Å². The van der Waals surface area contributed by atoms with Gasteiger partial charge in [-0.05, 0) is 50.1 Å². The lowest BCUT2D eigenvalue weighted by Crippen LogP contribution is -2.46. The minimum absolute atomic E-state index is 0.232. The van der Waals surface area contributed by atoms with Crippen LogP contribution in [0.2, 0.25) is 10.0 Å². The van der Waals surface area contributed by atoms with E-state index in [1.54, 1.807) is 25.1 Å². The van der Waals surface area contributed by atoms with Gasteiger partial charge < -0.3 is 15.4 Å². The summed E-state index contributed by atoms with van der Waals surface area (Å²) in [4.78, 5) is 26.1. The van der Waals surface area contributed by atoms with E-state index >= 15 is 0 Å². The molecule has 0 radical (unpaired) electrons. The lowest BCUT2D eigenvalue weighted by atomic mass is 9.91. The highest BCUT2D eigenvalue weighted by atomic mass is 35.5. The molecule has 0 fully saturated rings. The zero-order valence-electron chi connectivity index (χ0n) is 16.8. The van der Waals surface area contributed by atoms with Crippen molar-refractivity contribution < 1.29 is 14.3 Å². The Labute approximate surface area is 190 Å². The number of halogens is 2. The van der Waals surface area contributed by atoms with Crippen molar-refractivity contribution in [3.63, 3.8) is 0 Å². The third-order valence-electron chi connectivity index (χ3n) is 4.66. The molecule has 2 N–H and O–H groups in total. The summed E-state index contributed by atoms with van der Waals surface area (Å²) in [6.07, 6.45) is 0. The average molecular weight is 465 g/mol. The van der Waals surface area contributed by atoms with Gasteiger partial charge in [-0.15, -0.1) is 11.8 Å². The summed E-state index contributed by atoms with van der Waals surface area (Å²) in [6, 6.07) is 10.1. The molecule has 0 saturated heterocycles. The van der Waals surface area contributed by atoms with Gasteiger partial charge >= 0.3 is 12.0 Å². The summed E-state index contributed by atoms with van der Waals surface area (Å²) >= 11 is 13.7. The Bertz CT molecular complexity index is 1020. The number of rotatable bonds is 6. The molecule has 1 heterocycles. The molecular weight excluding hydrogens is 443 g/mol. The largest absolute Gasteiger partial charge is 0.463 e. The standard InChI is InChI=1S/C22H22Cl2N2O3S/c1-4-29-21(27)19-17(11-30-18-10-14(23)7-8-16(18)24)25-22(28)26-20(19)15-9-12(2)5-6-13(15)3/h5-10,20H,4,11H2,1-3H3,(H2,25,26,28). The van der Waals surface area contributed by atoms with Crippen molar-refractivity contribution in [3.8, 4) is 0 Å². The van der Waals surface area contributed by atoms with Crippen molar-refractivity contribution in [2.24, 2.45) is 0 Å². The van der Waals surface area contributed by atoms with Gasteiger partial charge in [0.15, 0.2) is 0 Å². The maximum absolute atomic E-state index is 12.9. The Morgan fingerprint density at radius 2 is 1.93 bits per heavy atom. The van der Waals surface area contributed by atoms with E-state index < -0.39 is 12.0 Å². The molecule has 0 aliphatic carbocycles. The van der Waals surface area contributed by atoms with Gasteiger partial charge in [0, 0.05) is 21.4 Å². The van der Waals surface area contributed by atoms with Crippen LogP contribution in [-0.2, 0) is 9.53 Å². The van der Waals surface area contributed by atoms with Crippen molar-refractivity contribution in [3.05, 3.63) is 74.4 Å². The fourth-order valence-corrected chi connectivity index (χ4v) is 4.69. The first-order chi connectivity index (χ1) is 14.3. The maximum atomic E-state index is 12.9. The fourth-order valence-electron chi connectivity index (χ4n) is 3.22. The van der Waals surface area contributed by atoms with Crippen LogP contribution in [0.25, 0.3) is 0 Å². The van der Waals surface area contributed by atoms with Crippen LogP contribution >= 0.6 is 35.0 Å². The maximum Gasteiger partial charge on any atom is 0.338 e. The number of carbonyl (C=O) groups is 2. The highest BCUT2D eigenvalue weighted by Gasteiger charge is 2.34. The van der Waals surface area contributed by atoms with Crippen LogP contribution in [0.1, 0.15) is 29.7 Å². The molecule has 5 nitrogen and oxygen atoms in total. The summed E-state index contributed by atoms with van der Waals surface area (Å²) < 4.78 is 5.32. The molecule has 8 heteroatoms. The summed E-state index contributed by atoms with van der Waals surface area (Å²) in [5.41, 5.74) is 3.74. The molecule has 0 bridgehead atoms. The minimum atomic E-state index is -0.608. The molecule has 2 aromatic carbocycles. The lowest BCUT2D eigenvalue weighted by molar-refractivity contribution is -0.139. The molecule has 0 saturated carbocycles. The van der Waals surface area contributed by atoms with Crippen LogP contribution < -0.4 is 10.6 Å². The number of hydrogen-bond donors (Lipinski definition) is 2. The second-order valence-electron chi connectivity index (χ2n) is 6.87. The average Bonchev–Trinajstić information content (AvgIpc) is 2.70. The molecule has 30 heavy (non-hydrogen) atoms. The summed E-state index contributed by atoms with van der Waals surface area (Å²) in [7, 11) is 0. The SMILES string of the molecule is CCOC(=O)C1=C(CSc2cc(Cl)ccc2Cl)NC(=O)NC1c1cc(C)ccc1C. The molecule has 0 spiro atoms. The molecule has 1 atom stereocenters. The van der Waals surface area contributed by atoms with Gasteiger partial charge in [-0.3, -0.25) is 0 Å². The number of thioether (sulfide) groups is 1. The van der Waals surface area contributed by atoms with E-state index in [0.29, 0.717) is 27.1 Å². The van der Waals surface area contributed by atoms with Gasteiger partial charge in [0.1, 0.15) is 0 Å². The number of hydrogen-bond acceptors (Lipinski definition) is 4. The van der Waals surface area contributed by atoms with Crippen LogP contribution in [-0.4, -0.2) is 24.4 Å². The van der Waals surface area contributed by atoms with Crippen molar-refractivity contribution >= 4 is 47.0 Å². The number of ether oxygens (including phenoxy) is 1. The van der Waals surface area contributed by atoms with Crippen molar-refractivity contribution in [2.45, 2.75) is 31.7 Å². The quantitative estimate of drug-likeness (QED) is 0.432. The summed E-state index contributed by atoms with van der Waals surface area (Å²) in [5, 5.41) is 6.76. The van der Waals surface area contributed by atoms with E-state index in [2.05, 4.69) is 10.6 Å². The zero-order chi connectivity index (χ0) is 21.8. The van der Waals surface area contributed by atoms with E-state index in [9.17, 15) is 9.59 Å². The van der Waals surface area contributed by atoms with E-state index in [-0.39, 0.29) is 12.6 Å². The summed E-state index contributed by atoms with van der Waals surface area (Å²) in [5.74, 6) is -0.146. The molecular formula is C22H22Cl2N2O3S. The highest BCUT2D eigenvalue weighted by molar-refractivity contribution is 7.99. The van der Waals surface area contributed by atoms with Crippen LogP contribution in [0, 0.1) is 13.8 Å². The number of esters is 1. The second-order valence-corrected chi connectivity index (χ2v) is 8.73. The predicted octanol–water partition coefficient (Wildman–Crippen LogP) is 5.57. The van der Waals surface area contributed by atoms with Gasteiger partial charge in [0.2, 0.25) is 0 Å². The molecule has 2 amide bonds. The monoisotopic (exact) mass is 464 g/mol. The molecule has 1 aliphatic heterocycles. The van der Waals surface area contributed by atoms with Crippen LogP contribution in [0.4, 0.5) is 4.79 Å². The molecule has 2 aromatic rings. The van der Waals surface area contributed by atoms with Crippen molar-refractivity contribution in [1.82, 2.24) is 10.6 Å². The first-order valence-electron chi connectivity index (χ1n) is 9.42. The number of aryl methyl sites for hydroxylation is 2. The number of benzene rings is 2. The number of carbonyl (C=O) groups excluding carboxylic acids is 2. The number of urea groups is 1. The first-order valence-corrected chi connectivity index (χ1v) is 11.2. The Hall–Kier alpha value is -2.15. The Morgan fingerprint density at radius 1 is 1.17 bits per heavy atom. The van der Waals surface area contributed by atoms with Crippen LogP contribution in [0.3, 0.4) is 0 Å². The third kappa shape index (κ3) is 5.12. The third-order valence-corrected chi connectivity index (χ3v) is 6.42. The minimum Gasteiger partial charge on any atom is -0.463 e. The van der Waals surface area contributed by atoms with Gasteiger partial charge in [-0.25, -0.2) is 9.59 Å². The predicted molar refractivity (Wildman–Crippen MR) is 121 cm³/mol. The Morgan fingerprint density at radius 3 is 2.67 bits per heavy atom. The van der Waals surface area contributed by atoms with E-state index in [1.165, 1.54) is 11.8 Å². The number of amides is 2. The van der Waals surface area contributed by atoms with Crippen LogP contribution in [0.15, 0.2) is 52.6 Å². The van der Waals surface area contributed by atoms with E-state index in [0.717, 1.165) is 21.6 Å². The highest BCUT2D eigenvalue weighted by Crippen LogP contribution is 2.35. The van der Waals surface area contributed by atoms with Gasteiger partial charge in [0.05, 0.1) is 23.2 Å². The Kier molecular flexibility index (Phi) is 7.34. The van der Waals surface area contributed by atoms with Crippen LogP contribution in [0.5, 0.6) is 0 Å². The smallest absolute Gasteiger partial charge is 0.338 e. The van der Waals surface area contributed by atoms with Gasteiger partial charge in [-0.1, -0.05) is 47.0 Å². The molecule has 0 aromatic heterocycles. The summed E-state index contributed by atoms with van der Waals surface area (Å²) in [6.45, 7) is 5.90.